The van der Waals surface area contributed by atoms with Gasteiger partial charge in [-0.2, -0.15) is 0 Å². The second-order valence-electron chi connectivity index (χ2n) is 4.12. The summed E-state index contributed by atoms with van der Waals surface area (Å²) in [5.74, 6) is -0.239. The number of nitrogen functional groups attached to an aromatic ring is 1. The van der Waals surface area contributed by atoms with Gasteiger partial charge in [0.2, 0.25) is 0 Å². The van der Waals surface area contributed by atoms with Crippen LogP contribution in [0.4, 0.5) is 0 Å². The van der Waals surface area contributed by atoms with Crippen molar-refractivity contribution in [3.05, 3.63) is 47.0 Å². The van der Waals surface area contributed by atoms with Crippen LogP contribution in [0.5, 0.6) is 0 Å². The third-order valence-corrected chi connectivity index (χ3v) is 2.66. The number of nitrogens with one attached hydrogen (secondary N) is 3. The van der Waals surface area contributed by atoms with E-state index in [1.807, 2.05) is 12.1 Å². The molecule has 5 heteroatoms. The molecule has 0 fully saturated rings. The fraction of sp³-hybridized carbons (Fsp3) is 0.214. The van der Waals surface area contributed by atoms with Crippen LogP contribution in [-0.4, -0.2) is 17.5 Å². The Balaban J connectivity index is 2.64. The Morgan fingerprint density at radius 1 is 1.32 bits per heavy atom. The number of hydrogen-bond acceptors (Lipinski definition) is 3. The number of hydrogen-bond donors (Lipinski definition) is 4. The van der Waals surface area contributed by atoms with Crippen LogP contribution in [0.2, 0.25) is 0 Å². The highest BCUT2D eigenvalue weighted by molar-refractivity contribution is 6.19. The van der Waals surface area contributed by atoms with Crippen molar-refractivity contribution in [2.75, 3.05) is 0 Å². The number of nitrogens with two attached hydrogens (primary N) is 1. The molecular formula is C14H18N4O. The lowest BCUT2D eigenvalue weighted by Gasteiger charge is -2.08. The molecule has 0 radical (unpaired) electrons. The quantitative estimate of drug-likeness (QED) is 0.366. The van der Waals surface area contributed by atoms with Gasteiger partial charge in [0, 0.05) is 17.8 Å². The smallest absolute Gasteiger partial charge is 0.253 e. The normalized spacial score (nSPS) is 10.9. The lowest BCUT2D eigenvalue weighted by atomic mass is 10.1. The summed E-state index contributed by atoms with van der Waals surface area (Å²) in [5, 5.41) is 17.5. The van der Waals surface area contributed by atoms with E-state index in [2.05, 4.69) is 5.32 Å². The summed E-state index contributed by atoms with van der Waals surface area (Å²) in [4.78, 5) is 11.8. The average molecular weight is 258 g/mol. The molecule has 19 heavy (non-hydrogen) atoms. The maximum Gasteiger partial charge on any atom is 0.253 e. The van der Waals surface area contributed by atoms with E-state index < -0.39 is 0 Å². The molecule has 0 saturated carbocycles. The summed E-state index contributed by atoms with van der Waals surface area (Å²) < 4.78 is 0. The summed E-state index contributed by atoms with van der Waals surface area (Å²) in [6.45, 7) is 3.69. The fourth-order valence-corrected chi connectivity index (χ4v) is 1.60. The zero-order valence-electron chi connectivity index (χ0n) is 11.1. The Morgan fingerprint density at radius 2 is 1.89 bits per heavy atom. The second kappa shape index (κ2) is 6.49. The van der Waals surface area contributed by atoms with Gasteiger partial charge in [-0.15, -0.1) is 0 Å². The standard InChI is InChI=1S/C14H18N4O/c1-3-12(9(2)15)14(19)18-8-10-4-6-11(7-5-10)13(16)17/h3-7,15H,8H2,1-2H3,(H3,16,17)(H,18,19). The van der Waals surface area contributed by atoms with Crippen molar-refractivity contribution in [1.29, 1.82) is 10.8 Å². The van der Waals surface area contributed by atoms with Gasteiger partial charge in [0.15, 0.2) is 0 Å². The topological polar surface area (TPSA) is 103 Å². The highest BCUT2D eigenvalue weighted by Crippen LogP contribution is 2.04. The molecule has 0 saturated heterocycles. The van der Waals surface area contributed by atoms with E-state index in [4.69, 9.17) is 16.6 Å². The van der Waals surface area contributed by atoms with Crippen molar-refractivity contribution in [2.24, 2.45) is 5.73 Å². The molecule has 0 aliphatic rings. The van der Waals surface area contributed by atoms with Gasteiger partial charge >= 0.3 is 0 Å². The Labute approximate surface area is 112 Å². The van der Waals surface area contributed by atoms with Crippen molar-refractivity contribution in [2.45, 2.75) is 20.4 Å². The van der Waals surface area contributed by atoms with E-state index in [1.54, 1.807) is 32.1 Å². The molecule has 1 rings (SSSR count). The minimum Gasteiger partial charge on any atom is -0.384 e. The number of carbonyl (C=O) groups is 1. The predicted octanol–water partition coefficient (Wildman–Crippen LogP) is 1.57. The average Bonchev–Trinajstić information content (AvgIpc) is 2.37. The highest BCUT2D eigenvalue weighted by Gasteiger charge is 2.09. The number of allylic oxidation sites excluding steroid dienone is 1. The van der Waals surface area contributed by atoms with Gasteiger partial charge in [0.25, 0.3) is 5.91 Å². The van der Waals surface area contributed by atoms with Gasteiger partial charge < -0.3 is 16.5 Å². The first-order valence-corrected chi connectivity index (χ1v) is 5.89. The van der Waals surface area contributed by atoms with Gasteiger partial charge in [0.05, 0.1) is 5.57 Å². The van der Waals surface area contributed by atoms with Crippen LogP contribution in [0.15, 0.2) is 35.9 Å². The van der Waals surface area contributed by atoms with Gasteiger partial charge in [-0.3, -0.25) is 10.2 Å². The SMILES string of the molecule is CC=C(C(C)=N)C(=O)NCc1ccc(C(=N)N)cc1. The van der Waals surface area contributed by atoms with E-state index in [9.17, 15) is 4.79 Å². The largest absolute Gasteiger partial charge is 0.384 e. The van der Waals surface area contributed by atoms with Crippen molar-refractivity contribution >= 4 is 17.5 Å². The van der Waals surface area contributed by atoms with E-state index >= 15 is 0 Å². The van der Waals surface area contributed by atoms with Gasteiger partial charge in [-0.1, -0.05) is 30.3 Å². The van der Waals surface area contributed by atoms with Gasteiger partial charge in [0.1, 0.15) is 5.84 Å². The maximum atomic E-state index is 11.8. The van der Waals surface area contributed by atoms with Crippen molar-refractivity contribution in [3.8, 4) is 0 Å². The van der Waals surface area contributed by atoms with Crippen molar-refractivity contribution < 1.29 is 4.79 Å². The second-order valence-corrected chi connectivity index (χ2v) is 4.12. The zero-order chi connectivity index (χ0) is 14.4. The molecular weight excluding hydrogens is 240 g/mol. The van der Waals surface area contributed by atoms with E-state index in [0.717, 1.165) is 5.56 Å². The molecule has 5 N–H and O–H groups in total. The first kappa shape index (κ1) is 14.6. The number of amides is 1. The molecule has 100 valence electrons. The van der Waals surface area contributed by atoms with Gasteiger partial charge in [-0.05, 0) is 19.4 Å². The molecule has 1 aromatic carbocycles. The summed E-state index contributed by atoms with van der Waals surface area (Å²) in [6, 6.07) is 7.09. The van der Waals surface area contributed by atoms with Crippen LogP contribution in [0, 0.1) is 10.8 Å². The van der Waals surface area contributed by atoms with Crippen LogP contribution < -0.4 is 11.1 Å². The minimum absolute atomic E-state index is 0.0196. The van der Waals surface area contributed by atoms with Crippen LogP contribution in [0.3, 0.4) is 0 Å². The maximum absolute atomic E-state index is 11.8. The molecule has 0 bridgehead atoms. The van der Waals surface area contributed by atoms with Crippen molar-refractivity contribution in [3.63, 3.8) is 0 Å². The number of rotatable bonds is 5. The monoisotopic (exact) mass is 258 g/mol. The zero-order valence-corrected chi connectivity index (χ0v) is 11.1. The van der Waals surface area contributed by atoms with E-state index in [1.165, 1.54) is 0 Å². The number of carbonyl (C=O) groups excluding carboxylic acids is 1. The Kier molecular flexibility index (Phi) is 5.00. The lowest BCUT2D eigenvalue weighted by Crippen LogP contribution is -2.27. The molecule has 1 amide bonds. The Morgan fingerprint density at radius 3 is 2.32 bits per heavy atom. The summed E-state index contributed by atoms with van der Waals surface area (Å²) in [5.41, 5.74) is 7.54. The lowest BCUT2D eigenvalue weighted by molar-refractivity contribution is -0.117. The summed E-state index contributed by atoms with van der Waals surface area (Å²) in [7, 11) is 0. The molecule has 0 aliphatic carbocycles. The highest BCUT2D eigenvalue weighted by atomic mass is 16.1. The molecule has 0 unspecified atom stereocenters. The predicted molar refractivity (Wildman–Crippen MR) is 76.5 cm³/mol. The fourth-order valence-electron chi connectivity index (χ4n) is 1.60. The first-order chi connectivity index (χ1) is 8.95. The van der Waals surface area contributed by atoms with E-state index in [0.29, 0.717) is 17.7 Å². The van der Waals surface area contributed by atoms with E-state index in [-0.39, 0.29) is 17.5 Å². The van der Waals surface area contributed by atoms with Crippen LogP contribution in [-0.2, 0) is 11.3 Å². The van der Waals surface area contributed by atoms with Crippen molar-refractivity contribution in [1.82, 2.24) is 5.32 Å². The molecule has 1 aromatic rings. The minimum atomic E-state index is -0.259. The molecule has 0 heterocycles. The van der Waals surface area contributed by atoms with Gasteiger partial charge in [-0.25, -0.2) is 0 Å². The van der Waals surface area contributed by atoms with Crippen LogP contribution >= 0.6 is 0 Å². The third-order valence-electron chi connectivity index (χ3n) is 2.66. The molecule has 0 aliphatic heterocycles. The molecule has 0 aromatic heterocycles. The Hall–Kier alpha value is -2.43. The third kappa shape index (κ3) is 4.06. The molecule has 0 spiro atoms. The van der Waals surface area contributed by atoms with Crippen LogP contribution in [0.1, 0.15) is 25.0 Å². The summed E-state index contributed by atoms with van der Waals surface area (Å²) >= 11 is 0. The molecule has 0 atom stereocenters. The summed E-state index contributed by atoms with van der Waals surface area (Å²) in [6.07, 6.45) is 1.62. The Bertz CT molecular complexity index is 529. The number of amidine groups is 1. The number of benzene rings is 1. The first-order valence-electron chi connectivity index (χ1n) is 5.89. The van der Waals surface area contributed by atoms with Crippen LogP contribution in [0.25, 0.3) is 0 Å². The molecule has 5 nitrogen and oxygen atoms in total.